The van der Waals surface area contributed by atoms with Crippen molar-refractivity contribution in [2.45, 2.75) is 0 Å². The predicted molar refractivity (Wildman–Crippen MR) is 148 cm³/mol. The Bertz CT molecular complexity index is 1440. The van der Waals surface area contributed by atoms with Crippen molar-refractivity contribution in [1.82, 2.24) is 24.3 Å². The van der Waals surface area contributed by atoms with Gasteiger partial charge >= 0.3 is 0 Å². The lowest BCUT2D eigenvalue weighted by atomic mass is 10.2. The highest BCUT2D eigenvalue weighted by Gasteiger charge is 2.17. The number of carbonyl (C=O) groups excluding carboxylic acids is 1. The number of rotatable bonds is 10. The number of aromatic nitrogens is 4. The minimum absolute atomic E-state index is 0.320. The van der Waals surface area contributed by atoms with Gasteiger partial charge in [0.15, 0.2) is 11.0 Å². The molecule has 0 fully saturated rings. The fourth-order valence-corrected chi connectivity index (χ4v) is 3.98. The standard InChI is InChI=1S/C26H29ClN8O2/c1-6-23(36)29-18-15-19(22(37-5)16-21(18)34(4)14-13-33(2)3)31-26-28-11-10-17(30-26)25-32-24(27)20-9-7-8-12-35(20)25/h6-12,15-16H,1,13-14H2,2-5H3,(H,29,36)(H,28,30,31). The average Bonchev–Trinajstić information content (AvgIpc) is 3.24. The molecule has 3 heterocycles. The van der Waals surface area contributed by atoms with Gasteiger partial charge in [0.05, 0.1) is 29.7 Å². The number of fused-ring (bicyclic) bond motifs is 1. The summed E-state index contributed by atoms with van der Waals surface area (Å²) >= 11 is 6.33. The number of anilines is 4. The van der Waals surface area contributed by atoms with Crippen LogP contribution in [0, 0.1) is 0 Å². The van der Waals surface area contributed by atoms with Gasteiger partial charge in [-0.05, 0) is 44.4 Å². The van der Waals surface area contributed by atoms with Crippen LogP contribution in [-0.2, 0) is 4.79 Å². The lowest BCUT2D eigenvalue weighted by molar-refractivity contribution is -0.111. The zero-order valence-electron chi connectivity index (χ0n) is 21.2. The lowest BCUT2D eigenvalue weighted by Gasteiger charge is -2.26. The van der Waals surface area contributed by atoms with E-state index < -0.39 is 0 Å². The average molecular weight is 521 g/mol. The molecule has 1 aromatic carbocycles. The Hall–Kier alpha value is -4.15. The summed E-state index contributed by atoms with van der Waals surface area (Å²) in [4.78, 5) is 29.8. The van der Waals surface area contributed by atoms with Crippen LogP contribution in [0.15, 0.2) is 61.4 Å². The van der Waals surface area contributed by atoms with Crippen molar-refractivity contribution in [3.05, 3.63) is 66.6 Å². The second kappa shape index (κ2) is 11.3. The smallest absolute Gasteiger partial charge is 0.247 e. The number of amides is 1. The molecule has 0 saturated carbocycles. The molecule has 0 radical (unpaired) electrons. The second-order valence-electron chi connectivity index (χ2n) is 8.56. The number of ether oxygens (including phenoxy) is 1. The summed E-state index contributed by atoms with van der Waals surface area (Å²) in [5.74, 6) is 1.16. The molecule has 2 N–H and O–H groups in total. The van der Waals surface area contributed by atoms with E-state index in [-0.39, 0.29) is 5.91 Å². The van der Waals surface area contributed by atoms with E-state index in [1.807, 2.05) is 56.0 Å². The molecule has 0 atom stereocenters. The van der Waals surface area contributed by atoms with Gasteiger partial charge in [0.1, 0.15) is 11.4 Å². The SMILES string of the molecule is C=CC(=O)Nc1cc(Nc2nccc(-c3nc(Cl)c4ccccn34)n2)c(OC)cc1N(C)CCN(C)C. The summed E-state index contributed by atoms with van der Waals surface area (Å²) in [6.07, 6.45) is 4.74. The van der Waals surface area contributed by atoms with Crippen molar-refractivity contribution < 1.29 is 9.53 Å². The molecule has 0 aliphatic rings. The molecule has 0 saturated heterocycles. The van der Waals surface area contributed by atoms with Gasteiger partial charge in [0, 0.05) is 38.6 Å². The van der Waals surface area contributed by atoms with E-state index >= 15 is 0 Å². The minimum Gasteiger partial charge on any atom is -0.494 e. The number of hydrogen-bond acceptors (Lipinski definition) is 8. The van der Waals surface area contributed by atoms with Gasteiger partial charge in [0.2, 0.25) is 11.9 Å². The molecular formula is C26H29ClN8O2. The minimum atomic E-state index is -0.320. The Morgan fingerprint density at radius 3 is 2.70 bits per heavy atom. The third kappa shape index (κ3) is 5.82. The van der Waals surface area contributed by atoms with E-state index in [1.165, 1.54) is 6.08 Å². The number of halogens is 1. The van der Waals surface area contributed by atoms with E-state index in [0.717, 1.165) is 24.3 Å². The molecule has 0 bridgehead atoms. The van der Waals surface area contributed by atoms with Crippen molar-refractivity contribution in [3.63, 3.8) is 0 Å². The van der Waals surface area contributed by atoms with Crippen LogP contribution in [0.2, 0.25) is 5.15 Å². The largest absolute Gasteiger partial charge is 0.494 e. The topological polar surface area (TPSA) is 99.9 Å². The normalized spacial score (nSPS) is 11.0. The summed E-state index contributed by atoms with van der Waals surface area (Å²) in [5.41, 5.74) is 3.34. The number of methoxy groups -OCH3 is 1. The molecule has 10 nitrogen and oxygen atoms in total. The Morgan fingerprint density at radius 1 is 1.16 bits per heavy atom. The molecule has 11 heteroatoms. The summed E-state index contributed by atoms with van der Waals surface area (Å²) in [5, 5.41) is 6.50. The molecule has 37 heavy (non-hydrogen) atoms. The first-order chi connectivity index (χ1) is 17.8. The molecule has 0 aliphatic heterocycles. The van der Waals surface area contributed by atoms with Gasteiger partial charge in [-0.2, -0.15) is 0 Å². The van der Waals surface area contributed by atoms with Crippen LogP contribution in [0.25, 0.3) is 17.0 Å². The molecule has 3 aromatic heterocycles. The number of imidazole rings is 1. The Morgan fingerprint density at radius 2 is 1.97 bits per heavy atom. The molecule has 192 valence electrons. The zero-order valence-corrected chi connectivity index (χ0v) is 22.0. The predicted octanol–water partition coefficient (Wildman–Crippen LogP) is 4.32. The third-order valence-electron chi connectivity index (χ3n) is 5.69. The summed E-state index contributed by atoms with van der Waals surface area (Å²) in [7, 11) is 7.57. The molecule has 0 spiro atoms. The van der Waals surface area contributed by atoms with E-state index in [2.05, 4.69) is 42.0 Å². The van der Waals surface area contributed by atoms with Crippen molar-refractivity contribution in [1.29, 1.82) is 0 Å². The maximum absolute atomic E-state index is 12.2. The first-order valence-corrected chi connectivity index (χ1v) is 11.9. The van der Waals surface area contributed by atoms with Crippen LogP contribution in [0.4, 0.5) is 23.0 Å². The van der Waals surface area contributed by atoms with Crippen LogP contribution in [0.3, 0.4) is 0 Å². The van der Waals surface area contributed by atoms with Crippen molar-refractivity contribution in [3.8, 4) is 17.3 Å². The first-order valence-electron chi connectivity index (χ1n) is 11.5. The number of pyridine rings is 1. The third-order valence-corrected chi connectivity index (χ3v) is 5.97. The van der Waals surface area contributed by atoms with E-state index in [1.54, 1.807) is 25.4 Å². The van der Waals surface area contributed by atoms with Gasteiger partial charge in [-0.3, -0.25) is 9.20 Å². The summed E-state index contributed by atoms with van der Waals surface area (Å²) < 4.78 is 7.55. The molecule has 0 unspecified atom stereocenters. The summed E-state index contributed by atoms with van der Waals surface area (Å²) in [6, 6.07) is 11.1. The van der Waals surface area contributed by atoms with Crippen LogP contribution in [-0.4, -0.2) is 71.5 Å². The molecular weight excluding hydrogens is 492 g/mol. The second-order valence-corrected chi connectivity index (χ2v) is 8.92. The Labute approximate surface area is 220 Å². The Balaban J connectivity index is 1.71. The van der Waals surface area contributed by atoms with Crippen LogP contribution < -0.4 is 20.3 Å². The molecule has 0 aliphatic carbocycles. The maximum Gasteiger partial charge on any atom is 0.247 e. The van der Waals surface area contributed by atoms with E-state index in [9.17, 15) is 4.79 Å². The first kappa shape index (κ1) is 25.9. The number of hydrogen-bond donors (Lipinski definition) is 2. The molecule has 4 aromatic rings. The number of likely N-dealkylation sites (N-methyl/N-ethyl adjacent to an activating group) is 2. The maximum atomic E-state index is 12.2. The lowest BCUT2D eigenvalue weighted by Crippen LogP contribution is -2.29. The quantitative estimate of drug-likeness (QED) is 0.298. The van der Waals surface area contributed by atoms with Gasteiger partial charge < -0.3 is 25.2 Å². The highest BCUT2D eigenvalue weighted by Crippen LogP contribution is 2.38. The fraction of sp³-hybridized carbons (Fsp3) is 0.231. The number of nitrogens with zero attached hydrogens (tertiary/aromatic N) is 6. The Kier molecular flexibility index (Phi) is 7.90. The van der Waals surface area contributed by atoms with Crippen LogP contribution in [0.5, 0.6) is 5.75 Å². The molecule has 4 rings (SSSR count). The zero-order chi connectivity index (χ0) is 26.5. The van der Waals surface area contributed by atoms with E-state index in [0.29, 0.717) is 39.7 Å². The van der Waals surface area contributed by atoms with Crippen molar-refractivity contribution >= 4 is 46.0 Å². The van der Waals surface area contributed by atoms with E-state index in [4.69, 9.17) is 16.3 Å². The number of carbonyl (C=O) groups is 1. The molecule has 1 amide bonds. The van der Waals surface area contributed by atoms with Crippen LogP contribution in [0.1, 0.15) is 0 Å². The van der Waals surface area contributed by atoms with Crippen molar-refractivity contribution in [2.75, 3.05) is 56.9 Å². The fourth-order valence-electron chi connectivity index (χ4n) is 3.75. The highest BCUT2D eigenvalue weighted by molar-refractivity contribution is 6.32. The monoisotopic (exact) mass is 520 g/mol. The van der Waals surface area contributed by atoms with Gasteiger partial charge in [-0.1, -0.05) is 24.2 Å². The van der Waals surface area contributed by atoms with Crippen molar-refractivity contribution in [2.24, 2.45) is 0 Å². The van der Waals surface area contributed by atoms with Gasteiger partial charge in [0.25, 0.3) is 0 Å². The van der Waals surface area contributed by atoms with Crippen LogP contribution >= 0.6 is 11.6 Å². The number of nitrogens with one attached hydrogen (secondary N) is 2. The number of benzene rings is 1. The van der Waals surface area contributed by atoms with Gasteiger partial charge in [-0.15, -0.1) is 0 Å². The summed E-state index contributed by atoms with van der Waals surface area (Å²) in [6.45, 7) is 5.14. The highest BCUT2D eigenvalue weighted by atomic mass is 35.5. The van der Waals surface area contributed by atoms with Gasteiger partial charge in [-0.25, -0.2) is 15.0 Å².